The fourth-order valence-electron chi connectivity index (χ4n) is 2.23. The van der Waals surface area contributed by atoms with Crippen LogP contribution in [0.3, 0.4) is 0 Å². The van der Waals surface area contributed by atoms with Crippen molar-refractivity contribution in [2.45, 2.75) is 20.8 Å². The van der Waals surface area contributed by atoms with Crippen LogP contribution in [0, 0.1) is 31.0 Å². The summed E-state index contributed by atoms with van der Waals surface area (Å²) in [5, 5.41) is 12.1. The van der Waals surface area contributed by atoms with E-state index in [4.69, 9.17) is 4.74 Å². The second kappa shape index (κ2) is 8.41. The standard InChI is InChI=1S/C19H17FN2O3S/c1-4-25-19(24)16-11(2)12(3)26-18(16)22-17(23)14(10-21)9-13-7-5-6-8-15(13)20/h5-9H,4H2,1-3H3,(H,22,23)/b14-9+. The molecule has 1 N–H and O–H groups in total. The highest BCUT2D eigenvalue weighted by molar-refractivity contribution is 7.16. The third-order valence-electron chi connectivity index (χ3n) is 3.66. The van der Waals surface area contributed by atoms with E-state index in [0.717, 1.165) is 4.88 Å². The number of carbonyl (C=O) groups excluding carboxylic acids is 2. The average molecular weight is 372 g/mol. The van der Waals surface area contributed by atoms with Crippen molar-refractivity contribution >= 4 is 34.3 Å². The molecule has 1 aromatic heterocycles. The number of amides is 1. The van der Waals surface area contributed by atoms with Gasteiger partial charge in [-0.05, 0) is 38.5 Å². The molecular weight excluding hydrogens is 355 g/mol. The van der Waals surface area contributed by atoms with Crippen LogP contribution in [0.25, 0.3) is 6.08 Å². The number of thiophene rings is 1. The van der Waals surface area contributed by atoms with Crippen LogP contribution in [0.4, 0.5) is 9.39 Å². The second-order valence-corrected chi connectivity index (χ2v) is 6.58. The normalized spacial score (nSPS) is 11.0. The molecule has 1 heterocycles. The van der Waals surface area contributed by atoms with Gasteiger partial charge < -0.3 is 10.1 Å². The van der Waals surface area contributed by atoms with Crippen molar-refractivity contribution in [3.05, 3.63) is 57.2 Å². The van der Waals surface area contributed by atoms with Crippen LogP contribution < -0.4 is 5.32 Å². The Labute approximate surface area is 154 Å². The number of esters is 1. The van der Waals surface area contributed by atoms with Crippen molar-refractivity contribution in [3.63, 3.8) is 0 Å². The van der Waals surface area contributed by atoms with Crippen LogP contribution in [0.5, 0.6) is 0 Å². The summed E-state index contributed by atoms with van der Waals surface area (Å²) in [6.07, 6.45) is 1.17. The predicted octanol–water partition coefficient (Wildman–Crippen LogP) is 4.23. The van der Waals surface area contributed by atoms with Gasteiger partial charge in [0.15, 0.2) is 0 Å². The minimum absolute atomic E-state index is 0.128. The summed E-state index contributed by atoms with van der Waals surface area (Å²) in [5.74, 6) is -1.80. The van der Waals surface area contributed by atoms with Gasteiger partial charge in [0, 0.05) is 10.4 Å². The molecule has 26 heavy (non-hydrogen) atoms. The molecule has 7 heteroatoms. The zero-order valence-electron chi connectivity index (χ0n) is 14.6. The lowest BCUT2D eigenvalue weighted by molar-refractivity contribution is -0.112. The number of carbonyl (C=O) groups is 2. The zero-order chi connectivity index (χ0) is 19.3. The van der Waals surface area contributed by atoms with Gasteiger partial charge in [-0.3, -0.25) is 4.79 Å². The number of anilines is 1. The molecule has 0 aliphatic rings. The van der Waals surface area contributed by atoms with E-state index >= 15 is 0 Å². The van der Waals surface area contributed by atoms with E-state index in [-0.39, 0.29) is 23.3 Å². The summed E-state index contributed by atoms with van der Waals surface area (Å²) in [6.45, 7) is 5.47. The van der Waals surface area contributed by atoms with Gasteiger partial charge >= 0.3 is 5.97 Å². The largest absolute Gasteiger partial charge is 0.462 e. The van der Waals surface area contributed by atoms with Crippen LogP contribution in [0.15, 0.2) is 29.8 Å². The van der Waals surface area contributed by atoms with Crippen molar-refractivity contribution in [2.24, 2.45) is 0 Å². The summed E-state index contributed by atoms with van der Waals surface area (Å²) in [6, 6.07) is 7.58. The van der Waals surface area contributed by atoms with Crippen molar-refractivity contribution < 1.29 is 18.7 Å². The number of aryl methyl sites for hydroxylation is 1. The van der Waals surface area contributed by atoms with Crippen molar-refractivity contribution in [1.29, 1.82) is 5.26 Å². The maximum Gasteiger partial charge on any atom is 0.341 e. The molecule has 0 atom stereocenters. The number of nitrogens with one attached hydrogen (secondary N) is 1. The number of ether oxygens (including phenoxy) is 1. The SMILES string of the molecule is CCOC(=O)c1c(NC(=O)/C(C#N)=C/c2ccccc2F)sc(C)c1C. The molecule has 0 unspecified atom stereocenters. The van der Waals surface area contributed by atoms with E-state index in [1.54, 1.807) is 26.0 Å². The summed E-state index contributed by atoms with van der Waals surface area (Å²) in [5.41, 5.74) is 0.836. The van der Waals surface area contributed by atoms with Gasteiger partial charge in [0.05, 0.1) is 12.2 Å². The van der Waals surface area contributed by atoms with Gasteiger partial charge in [-0.15, -0.1) is 11.3 Å². The maximum atomic E-state index is 13.7. The summed E-state index contributed by atoms with van der Waals surface area (Å²) < 4.78 is 18.8. The number of halogens is 1. The Kier molecular flexibility index (Phi) is 6.26. The quantitative estimate of drug-likeness (QED) is 0.484. The molecule has 0 fully saturated rings. The predicted molar refractivity (Wildman–Crippen MR) is 98.4 cm³/mol. The molecule has 0 spiro atoms. The highest BCUT2D eigenvalue weighted by Gasteiger charge is 2.23. The fraction of sp³-hybridized carbons (Fsp3) is 0.211. The van der Waals surface area contributed by atoms with Crippen LogP contribution >= 0.6 is 11.3 Å². The first kappa shape index (κ1) is 19.3. The molecule has 0 bridgehead atoms. The number of hydrogen-bond donors (Lipinski definition) is 1. The van der Waals surface area contributed by atoms with Crippen molar-refractivity contribution in [2.75, 3.05) is 11.9 Å². The lowest BCUT2D eigenvalue weighted by atomic mass is 10.1. The van der Waals surface area contributed by atoms with Crippen LogP contribution in [-0.2, 0) is 9.53 Å². The lowest BCUT2D eigenvalue weighted by Gasteiger charge is -2.07. The molecule has 1 aromatic carbocycles. The maximum absolute atomic E-state index is 13.7. The Morgan fingerprint density at radius 1 is 1.35 bits per heavy atom. The first-order chi connectivity index (χ1) is 12.4. The monoisotopic (exact) mass is 372 g/mol. The second-order valence-electron chi connectivity index (χ2n) is 5.35. The Morgan fingerprint density at radius 3 is 2.65 bits per heavy atom. The Hall–Kier alpha value is -2.98. The van der Waals surface area contributed by atoms with E-state index in [9.17, 15) is 19.2 Å². The number of hydrogen-bond acceptors (Lipinski definition) is 5. The Balaban J connectivity index is 2.35. The molecule has 134 valence electrons. The third kappa shape index (κ3) is 4.16. The number of benzene rings is 1. The summed E-state index contributed by atoms with van der Waals surface area (Å²) in [7, 11) is 0. The molecular formula is C19H17FN2O3S. The summed E-state index contributed by atoms with van der Waals surface area (Å²) in [4.78, 5) is 25.5. The molecule has 2 rings (SSSR count). The van der Waals surface area contributed by atoms with Crippen molar-refractivity contribution in [1.82, 2.24) is 0 Å². The topological polar surface area (TPSA) is 79.2 Å². The third-order valence-corrected chi connectivity index (χ3v) is 4.78. The summed E-state index contributed by atoms with van der Waals surface area (Å²) >= 11 is 1.22. The van der Waals surface area contributed by atoms with E-state index in [0.29, 0.717) is 10.6 Å². The van der Waals surface area contributed by atoms with E-state index in [2.05, 4.69) is 5.32 Å². The molecule has 0 aliphatic heterocycles. The van der Waals surface area contributed by atoms with Crippen LogP contribution in [0.2, 0.25) is 0 Å². The van der Waals surface area contributed by atoms with E-state index in [1.165, 1.54) is 35.6 Å². The van der Waals surface area contributed by atoms with Gasteiger partial charge in [-0.2, -0.15) is 5.26 Å². The van der Waals surface area contributed by atoms with E-state index < -0.39 is 17.7 Å². The molecule has 1 amide bonds. The van der Waals surface area contributed by atoms with Gasteiger partial charge in [0.1, 0.15) is 22.5 Å². The number of rotatable bonds is 5. The molecule has 5 nitrogen and oxygen atoms in total. The first-order valence-electron chi connectivity index (χ1n) is 7.83. The number of nitrogens with zero attached hydrogens (tertiary/aromatic N) is 1. The number of nitriles is 1. The van der Waals surface area contributed by atoms with E-state index in [1.807, 2.05) is 6.92 Å². The van der Waals surface area contributed by atoms with Crippen LogP contribution in [-0.4, -0.2) is 18.5 Å². The highest BCUT2D eigenvalue weighted by atomic mass is 32.1. The average Bonchev–Trinajstić information content (AvgIpc) is 2.88. The fourth-order valence-corrected chi connectivity index (χ4v) is 3.27. The molecule has 2 aromatic rings. The smallest absolute Gasteiger partial charge is 0.341 e. The Bertz CT molecular complexity index is 925. The highest BCUT2D eigenvalue weighted by Crippen LogP contribution is 2.33. The molecule has 0 saturated carbocycles. The minimum Gasteiger partial charge on any atom is -0.462 e. The van der Waals surface area contributed by atoms with Gasteiger partial charge in [-0.1, -0.05) is 18.2 Å². The van der Waals surface area contributed by atoms with Crippen molar-refractivity contribution in [3.8, 4) is 6.07 Å². The molecule has 0 saturated heterocycles. The lowest BCUT2D eigenvalue weighted by Crippen LogP contribution is -2.16. The van der Waals surface area contributed by atoms with Gasteiger partial charge in [0.2, 0.25) is 0 Å². The Morgan fingerprint density at radius 2 is 2.04 bits per heavy atom. The molecule has 0 aliphatic carbocycles. The van der Waals surface area contributed by atoms with Crippen LogP contribution in [0.1, 0.15) is 33.3 Å². The minimum atomic E-state index is -0.720. The van der Waals surface area contributed by atoms with Gasteiger partial charge in [0.25, 0.3) is 5.91 Å². The zero-order valence-corrected chi connectivity index (χ0v) is 15.4. The van der Waals surface area contributed by atoms with Gasteiger partial charge in [-0.25, -0.2) is 9.18 Å². The molecule has 0 radical (unpaired) electrons. The first-order valence-corrected chi connectivity index (χ1v) is 8.65.